The number of halogens is 1. The summed E-state index contributed by atoms with van der Waals surface area (Å²) in [6.45, 7) is 0.606. The first-order valence-corrected chi connectivity index (χ1v) is 6.76. The van der Waals surface area contributed by atoms with E-state index in [1.807, 2.05) is 0 Å². The van der Waals surface area contributed by atoms with Gasteiger partial charge < -0.3 is 20.5 Å². The van der Waals surface area contributed by atoms with Gasteiger partial charge >= 0.3 is 0 Å². The van der Waals surface area contributed by atoms with Crippen LogP contribution in [0, 0.1) is 0 Å². The second-order valence-electron chi connectivity index (χ2n) is 4.08. The summed E-state index contributed by atoms with van der Waals surface area (Å²) in [4.78, 5) is 11.8. The fourth-order valence-electron chi connectivity index (χ4n) is 1.56. The minimum Gasteiger partial charge on any atom is -0.496 e. The lowest BCUT2D eigenvalue weighted by Crippen LogP contribution is -2.35. The second-order valence-corrected chi connectivity index (χ2v) is 4.93. The number of nitrogens with one attached hydrogen (secondary N) is 1. The maximum absolute atomic E-state index is 11.8. The van der Waals surface area contributed by atoms with Crippen LogP contribution in [-0.2, 0) is 9.53 Å². The van der Waals surface area contributed by atoms with Crippen LogP contribution in [-0.4, -0.2) is 32.8 Å². The smallest absolute Gasteiger partial charge is 0.241 e. The summed E-state index contributed by atoms with van der Waals surface area (Å²) in [5.74, 6) is 0.510. The van der Waals surface area contributed by atoms with Gasteiger partial charge in [-0.25, -0.2) is 0 Å². The molecule has 1 aromatic rings. The average molecular weight is 331 g/mol. The molecule has 0 bridgehead atoms. The van der Waals surface area contributed by atoms with Crippen molar-refractivity contribution in [1.82, 2.24) is 0 Å². The van der Waals surface area contributed by atoms with Crippen molar-refractivity contribution in [3.05, 3.63) is 22.7 Å². The highest BCUT2D eigenvalue weighted by Gasteiger charge is 2.13. The van der Waals surface area contributed by atoms with Crippen LogP contribution in [0.4, 0.5) is 5.69 Å². The molecule has 0 fully saturated rings. The van der Waals surface area contributed by atoms with Crippen molar-refractivity contribution in [2.45, 2.75) is 18.9 Å². The Bertz CT molecular complexity index is 426. The largest absolute Gasteiger partial charge is 0.496 e. The highest BCUT2D eigenvalue weighted by molar-refractivity contribution is 9.10. The molecule has 0 saturated heterocycles. The minimum atomic E-state index is -0.531. The number of hydrogen-bond donors (Lipinski definition) is 2. The molecule has 0 radical (unpaired) electrons. The molecule has 3 N–H and O–H groups in total. The Hall–Kier alpha value is -1.11. The molecule has 1 rings (SSSR count). The summed E-state index contributed by atoms with van der Waals surface area (Å²) in [5, 5.41) is 2.77. The first kappa shape index (κ1) is 15.9. The molecule has 106 valence electrons. The van der Waals surface area contributed by atoms with Gasteiger partial charge in [0.25, 0.3) is 0 Å². The van der Waals surface area contributed by atoms with Gasteiger partial charge in [-0.05, 0) is 47.0 Å². The third-order valence-electron chi connectivity index (χ3n) is 2.62. The molecular formula is C13H19BrN2O3. The van der Waals surface area contributed by atoms with Crippen molar-refractivity contribution >= 4 is 27.5 Å². The monoisotopic (exact) mass is 330 g/mol. The standard InChI is InChI=1S/C13H19BrN2O3/c1-18-7-3-4-11(15)13(17)16-9-5-6-12(19-2)10(14)8-9/h5-6,8,11H,3-4,7,15H2,1-2H3,(H,16,17). The Morgan fingerprint density at radius 3 is 2.79 bits per heavy atom. The minimum absolute atomic E-state index is 0.201. The lowest BCUT2D eigenvalue weighted by Gasteiger charge is -2.13. The van der Waals surface area contributed by atoms with Gasteiger partial charge in [0.2, 0.25) is 5.91 Å². The number of anilines is 1. The number of ether oxygens (including phenoxy) is 2. The second kappa shape index (κ2) is 8.14. The van der Waals surface area contributed by atoms with Crippen molar-refractivity contribution < 1.29 is 14.3 Å². The van der Waals surface area contributed by atoms with Crippen LogP contribution in [0.2, 0.25) is 0 Å². The number of carbonyl (C=O) groups is 1. The van der Waals surface area contributed by atoms with Gasteiger partial charge in [-0.3, -0.25) is 4.79 Å². The van der Waals surface area contributed by atoms with Crippen molar-refractivity contribution in [3.8, 4) is 5.75 Å². The molecule has 0 aliphatic heterocycles. The van der Waals surface area contributed by atoms with Gasteiger partial charge in [0.1, 0.15) is 5.75 Å². The molecule has 19 heavy (non-hydrogen) atoms. The van der Waals surface area contributed by atoms with E-state index in [4.69, 9.17) is 15.2 Å². The van der Waals surface area contributed by atoms with E-state index in [1.54, 1.807) is 32.4 Å². The van der Waals surface area contributed by atoms with Crippen LogP contribution >= 0.6 is 15.9 Å². The SMILES string of the molecule is COCCCC(N)C(=O)Nc1ccc(OC)c(Br)c1. The van der Waals surface area contributed by atoms with E-state index in [-0.39, 0.29) is 5.91 Å². The van der Waals surface area contributed by atoms with Crippen LogP contribution in [0.3, 0.4) is 0 Å². The third kappa shape index (κ3) is 5.18. The van der Waals surface area contributed by atoms with E-state index in [0.29, 0.717) is 24.5 Å². The van der Waals surface area contributed by atoms with Gasteiger partial charge in [-0.15, -0.1) is 0 Å². The summed E-state index contributed by atoms with van der Waals surface area (Å²) in [6.07, 6.45) is 1.36. The molecule has 0 heterocycles. The lowest BCUT2D eigenvalue weighted by molar-refractivity contribution is -0.117. The molecule has 0 spiro atoms. The maximum atomic E-state index is 11.8. The number of carbonyl (C=O) groups excluding carboxylic acids is 1. The molecule has 1 aromatic carbocycles. The number of benzene rings is 1. The number of methoxy groups -OCH3 is 2. The molecule has 6 heteroatoms. The first-order chi connectivity index (χ1) is 9.08. The first-order valence-electron chi connectivity index (χ1n) is 5.97. The Balaban J connectivity index is 2.54. The van der Waals surface area contributed by atoms with Crippen LogP contribution in [0.5, 0.6) is 5.75 Å². The van der Waals surface area contributed by atoms with E-state index < -0.39 is 6.04 Å². The van der Waals surface area contributed by atoms with Crippen molar-refractivity contribution in [2.75, 3.05) is 26.1 Å². The number of amides is 1. The van der Waals surface area contributed by atoms with E-state index >= 15 is 0 Å². The fourth-order valence-corrected chi connectivity index (χ4v) is 2.10. The zero-order valence-corrected chi connectivity index (χ0v) is 12.7. The zero-order valence-electron chi connectivity index (χ0n) is 11.1. The maximum Gasteiger partial charge on any atom is 0.241 e. The fraction of sp³-hybridized carbons (Fsp3) is 0.462. The molecule has 5 nitrogen and oxygen atoms in total. The Morgan fingerprint density at radius 1 is 1.47 bits per heavy atom. The summed E-state index contributed by atoms with van der Waals surface area (Å²) < 4.78 is 10.8. The molecule has 0 aliphatic carbocycles. The summed E-state index contributed by atoms with van der Waals surface area (Å²) >= 11 is 3.36. The lowest BCUT2D eigenvalue weighted by atomic mass is 10.1. The molecule has 0 aromatic heterocycles. The van der Waals surface area contributed by atoms with Crippen LogP contribution in [0.25, 0.3) is 0 Å². The molecular weight excluding hydrogens is 312 g/mol. The molecule has 0 aliphatic rings. The highest BCUT2D eigenvalue weighted by atomic mass is 79.9. The van der Waals surface area contributed by atoms with Crippen molar-refractivity contribution in [2.24, 2.45) is 5.73 Å². The third-order valence-corrected chi connectivity index (χ3v) is 3.24. The summed E-state index contributed by atoms with van der Waals surface area (Å²) in [6, 6.07) is 4.79. The van der Waals surface area contributed by atoms with Gasteiger partial charge in [-0.1, -0.05) is 0 Å². The molecule has 1 amide bonds. The summed E-state index contributed by atoms with van der Waals surface area (Å²) in [5.41, 5.74) is 6.48. The number of hydrogen-bond acceptors (Lipinski definition) is 4. The van der Waals surface area contributed by atoms with E-state index in [1.165, 1.54) is 0 Å². The molecule has 1 unspecified atom stereocenters. The Morgan fingerprint density at radius 2 is 2.21 bits per heavy atom. The van der Waals surface area contributed by atoms with Gasteiger partial charge in [0.15, 0.2) is 0 Å². The number of nitrogens with two attached hydrogens (primary N) is 1. The highest BCUT2D eigenvalue weighted by Crippen LogP contribution is 2.27. The van der Waals surface area contributed by atoms with E-state index in [9.17, 15) is 4.79 Å². The quantitative estimate of drug-likeness (QED) is 0.751. The van der Waals surface area contributed by atoms with Gasteiger partial charge in [0.05, 0.1) is 17.6 Å². The van der Waals surface area contributed by atoms with Crippen LogP contribution in [0.1, 0.15) is 12.8 Å². The Labute approximate surface area is 121 Å². The van der Waals surface area contributed by atoms with Crippen LogP contribution < -0.4 is 15.8 Å². The van der Waals surface area contributed by atoms with Gasteiger partial charge in [-0.2, -0.15) is 0 Å². The predicted octanol–water partition coefficient (Wildman–Crippen LogP) is 2.15. The average Bonchev–Trinajstić information content (AvgIpc) is 2.39. The Kier molecular flexibility index (Phi) is 6.83. The number of rotatable bonds is 7. The van der Waals surface area contributed by atoms with Crippen molar-refractivity contribution in [3.63, 3.8) is 0 Å². The summed E-state index contributed by atoms with van der Waals surface area (Å²) in [7, 11) is 3.21. The van der Waals surface area contributed by atoms with Crippen LogP contribution in [0.15, 0.2) is 22.7 Å². The van der Waals surface area contributed by atoms with Crippen molar-refractivity contribution in [1.29, 1.82) is 0 Å². The van der Waals surface area contributed by atoms with E-state index in [0.717, 1.165) is 10.9 Å². The predicted molar refractivity (Wildman–Crippen MR) is 78.4 cm³/mol. The normalized spacial score (nSPS) is 12.0. The molecule has 1 atom stereocenters. The van der Waals surface area contributed by atoms with Gasteiger partial charge in [0, 0.05) is 19.4 Å². The zero-order chi connectivity index (χ0) is 14.3. The van der Waals surface area contributed by atoms with E-state index in [2.05, 4.69) is 21.2 Å². The topological polar surface area (TPSA) is 73.6 Å². The molecule has 0 saturated carbocycles.